The molecule has 0 bridgehead atoms. The quantitative estimate of drug-likeness (QED) is 0.702. The summed E-state index contributed by atoms with van der Waals surface area (Å²) in [5, 5.41) is 10.1. The Morgan fingerprint density at radius 1 is 1.28 bits per heavy atom. The highest BCUT2D eigenvalue weighted by atomic mass is 35.5. The minimum atomic E-state index is -2.69. The number of nitrogens with one attached hydrogen (secondary N) is 2. The summed E-state index contributed by atoms with van der Waals surface area (Å²) in [6.07, 6.45) is 2.22. The maximum Gasteiger partial charge on any atom is 0.274 e. The maximum atomic E-state index is 13.3. The van der Waals surface area contributed by atoms with Gasteiger partial charge in [0.2, 0.25) is 17.7 Å². The molecule has 1 aliphatic heterocycles. The Bertz CT molecular complexity index is 1010. The molecule has 11 heteroatoms. The second-order valence-electron chi connectivity index (χ2n) is 8.24. The third kappa shape index (κ3) is 4.85. The third-order valence-electron chi connectivity index (χ3n) is 6.03. The molecule has 2 aliphatic rings. The van der Waals surface area contributed by atoms with Gasteiger partial charge < -0.3 is 15.0 Å². The van der Waals surface area contributed by atoms with E-state index in [0.717, 1.165) is 0 Å². The van der Waals surface area contributed by atoms with Gasteiger partial charge in [0, 0.05) is 49.5 Å². The van der Waals surface area contributed by atoms with Crippen LogP contribution in [0.2, 0.25) is 5.02 Å². The highest BCUT2D eigenvalue weighted by Gasteiger charge is 2.40. The van der Waals surface area contributed by atoms with Crippen molar-refractivity contribution in [1.82, 2.24) is 25.4 Å². The van der Waals surface area contributed by atoms with Crippen molar-refractivity contribution in [2.45, 2.75) is 44.1 Å². The zero-order valence-corrected chi connectivity index (χ0v) is 18.3. The monoisotopic (exact) mass is 467 g/mol. The van der Waals surface area contributed by atoms with Gasteiger partial charge in [-0.05, 0) is 25.3 Å². The van der Waals surface area contributed by atoms with E-state index in [0.29, 0.717) is 54.5 Å². The number of halogens is 3. The van der Waals surface area contributed by atoms with Gasteiger partial charge in [-0.1, -0.05) is 11.6 Å². The Hall–Kier alpha value is -2.75. The van der Waals surface area contributed by atoms with E-state index in [1.807, 2.05) is 0 Å². The number of pyridine rings is 1. The first-order valence-electron chi connectivity index (χ1n) is 10.5. The zero-order valence-electron chi connectivity index (χ0n) is 17.5. The Balaban J connectivity index is 1.34. The number of hydrogen-bond acceptors (Lipinski definition) is 5. The summed E-state index contributed by atoms with van der Waals surface area (Å²) in [5.74, 6) is -3.05. The van der Waals surface area contributed by atoms with Gasteiger partial charge in [-0.15, -0.1) is 0 Å². The lowest BCUT2D eigenvalue weighted by atomic mass is 9.95. The molecule has 1 atom stereocenters. The van der Waals surface area contributed by atoms with E-state index in [4.69, 9.17) is 16.3 Å². The first-order valence-corrected chi connectivity index (χ1v) is 10.9. The summed E-state index contributed by atoms with van der Waals surface area (Å²) in [7, 11) is 1.49. The van der Waals surface area contributed by atoms with Crippen LogP contribution in [0.25, 0.3) is 11.3 Å². The molecule has 8 nitrogen and oxygen atoms in total. The number of amides is 2. The second kappa shape index (κ2) is 9.01. The minimum absolute atomic E-state index is 0.186. The number of aromatic nitrogens is 3. The van der Waals surface area contributed by atoms with Crippen LogP contribution in [0.3, 0.4) is 0 Å². The molecular formula is C21H24ClF2N5O3. The van der Waals surface area contributed by atoms with Gasteiger partial charge >= 0.3 is 0 Å². The van der Waals surface area contributed by atoms with E-state index in [2.05, 4.69) is 20.5 Å². The van der Waals surface area contributed by atoms with Gasteiger partial charge in [0.1, 0.15) is 0 Å². The fourth-order valence-corrected chi connectivity index (χ4v) is 4.41. The van der Waals surface area contributed by atoms with E-state index >= 15 is 0 Å². The third-order valence-corrected chi connectivity index (χ3v) is 6.33. The van der Waals surface area contributed by atoms with E-state index in [-0.39, 0.29) is 36.3 Å². The lowest BCUT2D eigenvalue weighted by molar-refractivity contribution is -0.127. The molecule has 1 saturated heterocycles. The smallest absolute Gasteiger partial charge is 0.274 e. The number of nitrogens with zero attached hydrogens (tertiary/aromatic N) is 3. The summed E-state index contributed by atoms with van der Waals surface area (Å²) in [4.78, 5) is 31.0. The van der Waals surface area contributed by atoms with E-state index in [1.165, 1.54) is 13.3 Å². The number of carbonyl (C=O) groups excluding carboxylic acids is 2. The molecule has 1 saturated carbocycles. The number of ether oxygens (including phenoxy) is 1. The largest absolute Gasteiger partial charge is 0.481 e. The van der Waals surface area contributed by atoms with E-state index in [9.17, 15) is 18.4 Å². The van der Waals surface area contributed by atoms with Crippen molar-refractivity contribution < 1.29 is 23.1 Å². The van der Waals surface area contributed by atoms with Crippen LogP contribution in [0.15, 0.2) is 18.3 Å². The SMILES string of the molecule is COc1cc(-c2cc(C(=O)N3CCC(C(=O)NC4CCC(F)(F)C4)CC3)n[nH]2)c(Cl)cn1. The van der Waals surface area contributed by atoms with Crippen molar-refractivity contribution in [3.63, 3.8) is 0 Å². The molecule has 2 aromatic rings. The normalized spacial score (nSPS) is 20.9. The average Bonchev–Trinajstić information content (AvgIpc) is 3.40. The molecule has 3 heterocycles. The number of alkyl halides is 2. The van der Waals surface area contributed by atoms with Gasteiger partial charge in [-0.3, -0.25) is 14.7 Å². The van der Waals surface area contributed by atoms with Crippen LogP contribution in [0.5, 0.6) is 5.88 Å². The summed E-state index contributed by atoms with van der Waals surface area (Å²) < 4.78 is 31.8. The molecule has 2 aromatic heterocycles. The van der Waals surface area contributed by atoms with Gasteiger partial charge in [0.25, 0.3) is 5.91 Å². The lowest BCUT2D eigenvalue weighted by Crippen LogP contribution is -2.45. The van der Waals surface area contributed by atoms with Crippen molar-refractivity contribution >= 4 is 23.4 Å². The second-order valence-corrected chi connectivity index (χ2v) is 8.65. The number of rotatable bonds is 5. The molecule has 0 aromatic carbocycles. The Morgan fingerprint density at radius 2 is 2.03 bits per heavy atom. The van der Waals surface area contributed by atoms with Crippen LogP contribution >= 0.6 is 11.6 Å². The van der Waals surface area contributed by atoms with Crippen LogP contribution in [-0.4, -0.2) is 64.1 Å². The molecule has 2 N–H and O–H groups in total. The van der Waals surface area contributed by atoms with Gasteiger partial charge in [-0.2, -0.15) is 5.10 Å². The van der Waals surface area contributed by atoms with Crippen LogP contribution in [0, 0.1) is 5.92 Å². The van der Waals surface area contributed by atoms with Crippen LogP contribution in [0.4, 0.5) is 8.78 Å². The summed E-state index contributed by atoms with van der Waals surface area (Å²) >= 11 is 6.21. The van der Waals surface area contributed by atoms with Crippen molar-refractivity contribution in [3.05, 3.63) is 29.0 Å². The molecule has 2 amide bonds. The molecule has 1 aliphatic carbocycles. The molecule has 4 rings (SSSR count). The first kappa shape index (κ1) is 22.4. The number of H-pyrrole nitrogens is 1. The summed E-state index contributed by atoms with van der Waals surface area (Å²) in [5.41, 5.74) is 1.41. The van der Waals surface area contributed by atoms with E-state index < -0.39 is 12.0 Å². The molecule has 0 spiro atoms. The van der Waals surface area contributed by atoms with Gasteiger partial charge in [0.05, 0.1) is 24.0 Å². The van der Waals surface area contributed by atoms with Crippen molar-refractivity contribution in [2.75, 3.05) is 20.2 Å². The first-order chi connectivity index (χ1) is 15.3. The average molecular weight is 468 g/mol. The molecule has 172 valence electrons. The van der Waals surface area contributed by atoms with Gasteiger partial charge in [-0.25, -0.2) is 13.8 Å². The maximum absolute atomic E-state index is 13.3. The number of methoxy groups -OCH3 is 1. The van der Waals surface area contributed by atoms with Crippen molar-refractivity contribution in [2.24, 2.45) is 5.92 Å². The number of piperidine rings is 1. The fourth-order valence-electron chi connectivity index (χ4n) is 4.21. The fraction of sp³-hybridized carbons (Fsp3) is 0.524. The zero-order chi connectivity index (χ0) is 22.9. The van der Waals surface area contributed by atoms with Crippen molar-refractivity contribution in [3.8, 4) is 17.1 Å². The Kier molecular flexibility index (Phi) is 6.32. The highest BCUT2D eigenvalue weighted by Crippen LogP contribution is 2.35. The number of hydrogen-bond donors (Lipinski definition) is 2. The molecule has 2 fully saturated rings. The molecule has 1 unspecified atom stereocenters. The predicted octanol–water partition coefficient (Wildman–Crippen LogP) is 3.29. The molecule has 32 heavy (non-hydrogen) atoms. The van der Waals surface area contributed by atoms with Crippen LogP contribution < -0.4 is 10.1 Å². The van der Waals surface area contributed by atoms with Crippen LogP contribution in [-0.2, 0) is 4.79 Å². The standard InChI is InChI=1S/C21H24ClF2N5O3/c1-32-18-8-14(15(22)11-25-18)16-9-17(28-27-16)20(31)29-6-3-12(4-7-29)19(30)26-13-2-5-21(23,24)10-13/h8-9,11-13H,2-7,10H2,1H3,(H,26,30)(H,27,28). The summed E-state index contributed by atoms with van der Waals surface area (Å²) in [6.45, 7) is 0.785. The minimum Gasteiger partial charge on any atom is -0.481 e. The number of carbonyl (C=O) groups is 2. The summed E-state index contributed by atoms with van der Waals surface area (Å²) in [6, 6.07) is 2.79. The number of likely N-dealkylation sites (tertiary alicyclic amines) is 1. The molecular weight excluding hydrogens is 444 g/mol. The van der Waals surface area contributed by atoms with Crippen molar-refractivity contribution in [1.29, 1.82) is 0 Å². The lowest BCUT2D eigenvalue weighted by Gasteiger charge is -2.31. The topological polar surface area (TPSA) is 100 Å². The number of aromatic amines is 1. The Labute approximate surface area is 188 Å². The Morgan fingerprint density at radius 3 is 2.69 bits per heavy atom. The predicted molar refractivity (Wildman–Crippen MR) is 113 cm³/mol. The van der Waals surface area contributed by atoms with Crippen LogP contribution in [0.1, 0.15) is 42.6 Å². The highest BCUT2D eigenvalue weighted by molar-refractivity contribution is 6.33. The van der Waals surface area contributed by atoms with E-state index in [1.54, 1.807) is 17.0 Å². The van der Waals surface area contributed by atoms with Gasteiger partial charge in [0.15, 0.2) is 5.69 Å². The molecule has 0 radical (unpaired) electrons.